The smallest absolute Gasteiger partial charge is 0.265 e. The molecule has 3 aromatic rings. The van der Waals surface area contributed by atoms with Crippen molar-refractivity contribution in [1.82, 2.24) is 14.9 Å². The first kappa shape index (κ1) is 18.4. The molecule has 1 aliphatic rings. The van der Waals surface area contributed by atoms with Gasteiger partial charge in [-0.2, -0.15) is 0 Å². The second-order valence-corrected chi connectivity index (χ2v) is 7.76. The van der Waals surface area contributed by atoms with Crippen molar-refractivity contribution in [2.24, 2.45) is 0 Å². The van der Waals surface area contributed by atoms with Crippen molar-refractivity contribution in [1.29, 1.82) is 0 Å². The van der Waals surface area contributed by atoms with Crippen molar-refractivity contribution in [2.75, 3.05) is 31.6 Å². The van der Waals surface area contributed by atoms with Crippen LogP contribution in [0.25, 0.3) is 10.6 Å². The number of carbonyl (C=O) groups excluding carboxylic acids is 1. The van der Waals surface area contributed by atoms with Crippen LogP contribution in [-0.2, 0) is 0 Å². The number of anilines is 1. The average Bonchev–Trinajstić information content (AvgIpc) is 3.23. The Hall–Kier alpha value is -2.93. The van der Waals surface area contributed by atoms with Crippen molar-refractivity contribution in [2.45, 2.75) is 13.0 Å². The van der Waals surface area contributed by atoms with Gasteiger partial charge in [-0.05, 0) is 31.2 Å². The monoisotopic (exact) mass is 394 g/mol. The minimum absolute atomic E-state index is 0.0416. The van der Waals surface area contributed by atoms with Crippen molar-refractivity contribution < 1.29 is 9.53 Å². The number of nitrogens with zero attached hydrogens (tertiary/aromatic N) is 4. The summed E-state index contributed by atoms with van der Waals surface area (Å²) < 4.78 is 5.42. The van der Waals surface area contributed by atoms with Crippen LogP contribution in [0.5, 0.6) is 5.75 Å². The number of piperazine rings is 1. The van der Waals surface area contributed by atoms with Gasteiger partial charge >= 0.3 is 0 Å². The minimum atomic E-state index is 0.0416. The number of ether oxygens (including phenoxy) is 1. The molecule has 1 atom stereocenters. The quantitative estimate of drug-likeness (QED) is 0.677. The zero-order valence-corrected chi connectivity index (χ0v) is 16.7. The van der Waals surface area contributed by atoms with E-state index in [1.165, 1.54) is 11.3 Å². The van der Waals surface area contributed by atoms with E-state index in [-0.39, 0.29) is 11.9 Å². The maximum atomic E-state index is 13.0. The summed E-state index contributed by atoms with van der Waals surface area (Å²) >= 11 is 1.41. The third kappa shape index (κ3) is 3.57. The Bertz CT molecular complexity index is 960. The number of amides is 1. The van der Waals surface area contributed by atoms with E-state index >= 15 is 0 Å². The molecule has 144 valence electrons. The molecule has 1 unspecified atom stereocenters. The van der Waals surface area contributed by atoms with Crippen LogP contribution in [0.2, 0.25) is 0 Å². The summed E-state index contributed by atoms with van der Waals surface area (Å²) in [6.07, 6.45) is 5.28. The Balaban J connectivity index is 1.48. The van der Waals surface area contributed by atoms with Crippen LogP contribution in [-0.4, -0.2) is 53.6 Å². The second-order valence-electron chi connectivity index (χ2n) is 6.73. The van der Waals surface area contributed by atoms with Crippen LogP contribution < -0.4 is 9.64 Å². The maximum absolute atomic E-state index is 13.0. The van der Waals surface area contributed by atoms with Gasteiger partial charge in [0, 0.05) is 43.8 Å². The molecule has 0 N–H and O–H groups in total. The van der Waals surface area contributed by atoms with Gasteiger partial charge in [0.15, 0.2) is 0 Å². The van der Waals surface area contributed by atoms with Gasteiger partial charge in [-0.15, -0.1) is 11.3 Å². The number of aromatic nitrogens is 2. The molecule has 0 radical (unpaired) electrons. The average molecular weight is 395 g/mol. The summed E-state index contributed by atoms with van der Waals surface area (Å²) in [6.45, 7) is 4.32. The molecule has 6 nitrogen and oxygen atoms in total. The molecule has 1 fully saturated rings. The lowest BCUT2D eigenvalue weighted by Gasteiger charge is -2.41. The van der Waals surface area contributed by atoms with Crippen LogP contribution in [0, 0.1) is 0 Å². The number of thiazole rings is 1. The van der Waals surface area contributed by atoms with E-state index in [1.807, 2.05) is 41.3 Å². The number of benzene rings is 1. The molecular formula is C21H22N4O2S. The molecule has 2 aromatic heterocycles. The molecule has 7 heteroatoms. The summed E-state index contributed by atoms with van der Waals surface area (Å²) in [5, 5.41) is 0.796. The highest BCUT2D eigenvalue weighted by Crippen LogP contribution is 2.33. The molecule has 1 amide bonds. The molecule has 0 aliphatic carbocycles. The van der Waals surface area contributed by atoms with Crippen molar-refractivity contribution in [3.8, 4) is 16.3 Å². The molecule has 3 heterocycles. The molecule has 0 bridgehead atoms. The van der Waals surface area contributed by atoms with E-state index in [1.54, 1.807) is 25.7 Å². The zero-order chi connectivity index (χ0) is 19.5. The molecule has 1 aromatic carbocycles. The first-order valence-electron chi connectivity index (χ1n) is 9.22. The van der Waals surface area contributed by atoms with Gasteiger partial charge < -0.3 is 14.5 Å². The number of hydrogen-bond donors (Lipinski definition) is 0. The number of hydrogen-bond acceptors (Lipinski definition) is 6. The van der Waals surface area contributed by atoms with Gasteiger partial charge in [-0.1, -0.05) is 12.1 Å². The fourth-order valence-corrected chi connectivity index (χ4v) is 4.45. The SMILES string of the molecule is COc1ccccc1-c1ncc(C(=O)N2CCN(c3ccncc3)C(C)C2)s1. The summed E-state index contributed by atoms with van der Waals surface area (Å²) in [7, 11) is 1.64. The molecule has 0 saturated carbocycles. The molecule has 28 heavy (non-hydrogen) atoms. The van der Waals surface area contributed by atoms with Crippen LogP contribution in [0.1, 0.15) is 16.6 Å². The van der Waals surface area contributed by atoms with Gasteiger partial charge in [0.1, 0.15) is 15.6 Å². The highest BCUT2D eigenvalue weighted by atomic mass is 32.1. The summed E-state index contributed by atoms with van der Waals surface area (Å²) in [6, 6.07) is 12.0. The number of para-hydroxylation sites is 1. The standard InChI is InChI=1S/C21H22N4O2S/c1-15-14-24(11-12-25(15)16-7-9-22-10-8-16)21(26)19-13-23-20(28-19)17-5-3-4-6-18(17)27-2/h3-10,13,15H,11-12,14H2,1-2H3. The lowest BCUT2D eigenvalue weighted by atomic mass is 10.1. The van der Waals surface area contributed by atoms with E-state index in [0.29, 0.717) is 18.0 Å². The number of methoxy groups -OCH3 is 1. The predicted molar refractivity (Wildman–Crippen MR) is 111 cm³/mol. The van der Waals surface area contributed by atoms with Gasteiger partial charge in [-0.3, -0.25) is 9.78 Å². The Morgan fingerprint density at radius 2 is 1.96 bits per heavy atom. The van der Waals surface area contributed by atoms with Crippen LogP contribution in [0.3, 0.4) is 0 Å². The van der Waals surface area contributed by atoms with Gasteiger partial charge in [0.05, 0.1) is 18.9 Å². The van der Waals surface area contributed by atoms with Gasteiger partial charge in [0.25, 0.3) is 5.91 Å². The topological polar surface area (TPSA) is 58.6 Å². The van der Waals surface area contributed by atoms with Gasteiger partial charge in [0.2, 0.25) is 0 Å². The van der Waals surface area contributed by atoms with Crippen LogP contribution >= 0.6 is 11.3 Å². The van der Waals surface area contributed by atoms with E-state index in [9.17, 15) is 4.79 Å². The third-order valence-electron chi connectivity index (χ3n) is 4.96. The number of rotatable bonds is 4. The molecule has 0 spiro atoms. The fraction of sp³-hybridized carbons (Fsp3) is 0.286. The van der Waals surface area contributed by atoms with Crippen molar-refractivity contribution >= 4 is 22.9 Å². The summed E-state index contributed by atoms with van der Waals surface area (Å²) in [5.41, 5.74) is 2.05. The molecular weight excluding hydrogens is 372 g/mol. The van der Waals surface area contributed by atoms with Crippen LogP contribution in [0.4, 0.5) is 5.69 Å². The van der Waals surface area contributed by atoms with Crippen molar-refractivity contribution in [3.05, 3.63) is 59.9 Å². The lowest BCUT2D eigenvalue weighted by Crippen LogP contribution is -2.53. The van der Waals surface area contributed by atoms with E-state index in [4.69, 9.17) is 4.74 Å². The maximum Gasteiger partial charge on any atom is 0.265 e. The van der Waals surface area contributed by atoms with E-state index in [0.717, 1.165) is 28.6 Å². The van der Waals surface area contributed by atoms with Gasteiger partial charge in [-0.25, -0.2) is 4.98 Å². The highest BCUT2D eigenvalue weighted by Gasteiger charge is 2.28. The first-order chi connectivity index (χ1) is 13.7. The predicted octanol–water partition coefficient (Wildman–Crippen LogP) is 3.56. The largest absolute Gasteiger partial charge is 0.496 e. The van der Waals surface area contributed by atoms with Crippen molar-refractivity contribution in [3.63, 3.8) is 0 Å². The number of carbonyl (C=O) groups is 1. The zero-order valence-electron chi connectivity index (χ0n) is 15.9. The Kier molecular flexibility index (Phi) is 5.25. The van der Waals surface area contributed by atoms with E-state index < -0.39 is 0 Å². The van der Waals surface area contributed by atoms with Crippen LogP contribution in [0.15, 0.2) is 55.0 Å². The minimum Gasteiger partial charge on any atom is -0.496 e. The first-order valence-corrected chi connectivity index (χ1v) is 10.0. The second kappa shape index (κ2) is 7.98. The third-order valence-corrected chi connectivity index (χ3v) is 5.98. The lowest BCUT2D eigenvalue weighted by molar-refractivity contribution is 0.0731. The Labute approximate surface area is 168 Å². The normalized spacial score (nSPS) is 16.9. The Morgan fingerprint density at radius 1 is 1.18 bits per heavy atom. The molecule has 1 aliphatic heterocycles. The molecule has 4 rings (SSSR count). The molecule has 1 saturated heterocycles. The highest BCUT2D eigenvalue weighted by molar-refractivity contribution is 7.16. The summed E-state index contributed by atoms with van der Waals surface area (Å²) in [4.78, 5) is 26.5. The Morgan fingerprint density at radius 3 is 2.71 bits per heavy atom. The summed E-state index contributed by atoms with van der Waals surface area (Å²) in [5.74, 6) is 0.801. The fourth-order valence-electron chi connectivity index (χ4n) is 3.54. The number of pyridine rings is 1. The van der Waals surface area contributed by atoms with E-state index in [2.05, 4.69) is 21.8 Å².